The lowest BCUT2D eigenvalue weighted by Gasteiger charge is -2.15. The quantitative estimate of drug-likeness (QED) is 0.337. The van der Waals surface area contributed by atoms with Crippen LogP contribution in [0.3, 0.4) is 0 Å². The average Bonchev–Trinajstić information content (AvgIpc) is 2.73. The highest BCUT2D eigenvalue weighted by molar-refractivity contribution is 6.04. The van der Waals surface area contributed by atoms with E-state index in [-0.39, 0.29) is 18.0 Å². The van der Waals surface area contributed by atoms with E-state index in [4.69, 9.17) is 15.9 Å². The van der Waals surface area contributed by atoms with Crippen LogP contribution in [0.2, 0.25) is 0 Å². The molecule has 0 spiro atoms. The van der Waals surface area contributed by atoms with E-state index in [1.807, 2.05) is 0 Å². The van der Waals surface area contributed by atoms with Gasteiger partial charge in [-0.15, -0.1) is 0 Å². The molecule has 0 bridgehead atoms. The first-order valence-corrected chi connectivity index (χ1v) is 9.05. The van der Waals surface area contributed by atoms with Crippen LogP contribution >= 0.6 is 0 Å². The molecule has 5 N–H and O–H groups in total. The minimum Gasteiger partial charge on any atom is -0.481 e. The van der Waals surface area contributed by atoms with Crippen LogP contribution in [0.5, 0.6) is 11.8 Å². The Morgan fingerprint density at radius 3 is 2.42 bits per heavy atom. The number of benzene rings is 2. The van der Waals surface area contributed by atoms with Crippen molar-refractivity contribution in [3.05, 3.63) is 83.4 Å². The molecule has 0 saturated heterocycles. The van der Waals surface area contributed by atoms with E-state index >= 15 is 0 Å². The van der Waals surface area contributed by atoms with Gasteiger partial charge in [0.2, 0.25) is 0 Å². The number of carbonyl (C=O) groups excluding carboxylic acids is 1. The third kappa shape index (κ3) is 5.82. The van der Waals surface area contributed by atoms with Gasteiger partial charge in [-0.05, 0) is 48.0 Å². The smallest absolute Gasteiger partial charge is 0.322 e. The molecule has 3 aromatic rings. The number of hydrogen-bond donors (Lipinski definition) is 4. The molecule has 1 atom stereocenters. The van der Waals surface area contributed by atoms with Crippen molar-refractivity contribution in [2.45, 2.75) is 12.3 Å². The summed E-state index contributed by atoms with van der Waals surface area (Å²) in [6.07, 6.45) is 1.19. The van der Waals surface area contributed by atoms with Crippen molar-refractivity contribution < 1.29 is 23.8 Å². The molecule has 9 nitrogen and oxygen atoms in total. The van der Waals surface area contributed by atoms with Crippen LogP contribution in [-0.4, -0.2) is 32.9 Å². The molecular weight excluding hydrogens is 405 g/mol. The number of nitrogens with one attached hydrogen (secondary N) is 2. The second-order valence-corrected chi connectivity index (χ2v) is 6.46. The molecule has 0 fully saturated rings. The maximum atomic E-state index is 13.3. The molecule has 0 radical (unpaired) electrons. The molecule has 0 aliphatic heterocycles. The van der Waals surface area contributed by atoms with Crippen LogP contribution in [0.4, 0.5) is 4.39 Å². The van der Waals surface area contributed by atoms with Crippen molar-refractivity contribution in [3.8, 4) is 11.8 Å². The molecule has 158 valence electrons. The van der Waals surface area contributed by atoms with Crippen LogP contribution in [-0.2, 0) is 4.79 Å². The zero-order valence-electron chi connectivity index (χ0n) is 16.1. The van der Waals surface area contributed by atoms with Gasteiger partial charge in [-0.2, -0.15) is 4.98 Å². The Kier molecular flexibility index (Phi) is 6.51. The molecule has 1 aromatic heterocycles. The molecule has 1 unspecified atom stereocenters. The van der Waals surface area contributed by atoms with Gasteiger partial charge in [-0.3, -0.25) is 20.3 Å². The zero-order valence-corrected chi connectivity index (χ0v) is 16.1. The molecule has 1 heterocycles. The second kappa shape index (κ2) is 9.44. The monoisotopic (exact) mass is 423 g/mol. The van der Waals surface area contributed by atoms with Gasteiger partial charge in [0.25, 0.3) is 5.91 Å². The van der Waals surface area contributed by atoms with Crippen LogP contribution in [0.1, 0.15) is 34.0 Å². The summed E-state index contributed by atoms with van der Waals surface area (Å²) in [5.41, 5.74) is 6.40. The first-order valence-electron chi connectivity index (χ1n) is 9.05. The fourth-order valence-corrected chi connectivity index (χ4v) is 2.83. The summed E-state index contributed by atoms with van der Waals surface area (Å²) in [7, 11) is 0. The lowest BCUT2D eigenvalue weighted by molar-refractivity contribution is -0.137. The molecular formula is C21H18FN5O4. The largest absolute Gasteiger partial charge is 0.481 e. The normalized spacial score (nSPS) is 11.4. The number of carboxylic acids is 1. The van der Waals surface area contributed by atoms with E-state index in [2.05, 4.69) is 15.3 Å². The zero-order chi connectivity index (χ0) is 22.4. The minimum atomic E-state index is -1.03. The van der Waals surface area contributed by atoms with Gasteiger partial charge < -0.3 is 15.6 Å². The summed E-state index contributed by atoms with van der Waals surface area (Å²) < 4.78 is 18.9. The van der Waals surface area contributed by atoms with Gasteiger partial charge in [-0.25, -0.2) is 9.37 Å². The van der Waals surface area contributed by atoms with Crippen molar-refractivity contribution in [1.29, 1.82) is 5.41 Å². The number of hydrogen-bond acceptors (Lipinski definition) is 6. The number of nitrogens with two attached hydrogens (primary N) is 1. The van der Waals surface area contributed by atoms with Gasteiger partial charge in [0, 0.05) is 17.7 Å². The van der Waals surface area contributed by atoms with E-state index in [0.29, 0.717) is 17.0 Å². The lowest BCUT2D eigenvalue weighted by Crippen LogP contribution is -2.35. The molecule has 0 aliphatic rings. The molecule has 3 rings (SSSR count). The number of ether oxygens (including phenoxy) is 1. The third-order valence-electron chi connectivity index (χ3n) is 4.24. The van der Waals surface area contributed by atoms with Crippen LogP contribution in [0, 0.1) is 11.2 Å². The predicted molar refractivity (Wildman–Crippen MR) is 108 cm³/mol. The van der Waals surface area contributed by atoms with Gasteiger partial charge in [-0.1, -0.05) is 12.1 Å². The molecule has 2 aromatic carbocycles. The summed E-state index contributed by atoms with van der Waals surface area (Å²) in [5, 5.41) is 18.5. The Balaban J connectivity index is 1.81. The third-order valence-corrected chi connectivity index (χ3v) is 4.24. The van der Waals surface area contributed by atoms with E-state index in [9.17, 15) is 19.1 Å². The fraction of sp³-hybridized carbons (Fsp3) is 0.0952. The van der Waals surface area contributed by atoms with E-state index < -0.39 is 29.6 Å². The molecule has 0 aliphatic carbocycles. The summed E-state index contributed by atoms with van der Waals surface area (Å²) in [6.45, 7) is 0. The SMILES string of the molecule is N=C(N)NC(=O)c1ccc(Oc2nccc(C(CC(=O)O)c3ccc(F)cc3)n2)cc1. The van der Waals surface area contributed by atoms with Crippen LogP contribution in [0.15, 0.2) is 60.8 Å². The summed E-state index contributed by atoms with van der Waals surface area (Å²) in [4.78, 5) is 31.5. The van der Waals surface area contributed by atoms with Gasteiger partial charge >= 0.3 is 12.0 Å². The Morgan fingerprint density at radius 1 is 1.13 bits per heavy atom. The first-order chi connectivity index (χ1) is 14.8. The number of nitrogens with zero attached hydrogens (tertiary/aromatic N) is 2. The maximum absolute atomic E-state index is 13.3. The number of amides is 1. The minimum absolute atomic E-state index is 0.0177. The highest BCUT2D eigenvalue weighted by atomic mass is 19.1. The number of halogens is 1. The van der Waals surface area contributed by atoms with Crippen LogP contribution in [0.25, 0.3) is 0 Å². The van der Waals surface area contributed by atoms with Gasteiger partial charge in [0.05, 0.1) is 12.1 Å². The van der Waals surface area contributed by atoms with Crippen molar-refractivity contribution in [2.75, 3.05) is 0 Å². The van der Waals surface area contributed by atoms with Crippen molar-refractivity contribution in [1.82, 2.24) is 15.3 Å². The predicted octanol–water partition coefficient (Wildman–Crippen LogP) is 2.64. The highest BCUT2D eigenvalue weighted by Crippen LogP contribution is 2.28. The van der Waals surface area contributed by atoms with Crippen LogP contribution < -0.4 is 15.8 Å². The Morgan fingerprint density at radius 2 is 1.81 bits per heavy atom. The summed E-state index contributed by atoms with van der Waals surface area (Å²) in [6, 6.07) is 13.1. The van der Waals surface area contributed by atoms with Gasteiger partial charge in [0.1, 0.15) is 11.6 Å². The fourth-order valence-electron chi connectivity index (χ4n) is 2.83. The Labute approximate surface area is 176 Å². The van der Waals surface area contributed by atoms with Crippen molar-refractivity contribution in [3.63, 3.8) is 0 Å². The Bertz CT molecular complexity index is 1100. The number of carboxylic acid groups (broad SMARTS) is 1. The molecule has 10 heteroatoms. The average molecular weight is 423 g/mol. The number of aliphatic carboxylic acids is 1. The molecule has 1 amide bonds. The second-order valence-electron chi connectivity index (χ2n) is 6.46. The van der Waals surface area contributed by atoms with E-state index in [1.165, 1.54) is 54.7 Å². The molecule has 0 saturated carbocycles. The number of rotatable bonds is 7. The topological polar surface area (TPSA) is 151 Å². The standard InChI is InChI=1S/C21H18FN5O4/c22-14-5-1-12(2-6-14)16(11-18(28)29)17-9-10-25-21(26-17)31-15-7-3-13(4-8-15)19(30)27-20(23)24/h1-10,16H,11H2,(H,28,29)(H4,23,24,27,30). The van der Waals surface area contributed by atoms with E-state index in [0.717, 1.165) is 0 Å². The number of guanidine groups is 1. The van der Waals surface area contributed by atoms with Crippen molar-refractivity contribution in [2.24, 2.45) is 5.73 Å². The maximum Gasteiger partial charge on any atom is 0.322 e. The number of carbonyl (C=O) groups is 2. The lowest BCUT2D eigenvalue weighted by atomic mass is 9.92. The molecule has 31 heavy (non-hydrogen) atoms. The van der Waals surface area contributed by atoms with Gasteiger partial charge in [0.15, 0.2) is 5.96 Å². The Hall–Kier alpha value is -4.34. The first kappa shape index (κ1) is 21.4. The number of aromatic nitrogens is 2. The van der Waals surface area contributed by atoms with E-state index in [1.54, 1.807) is 6.07 Å². The summed E-state index contributed by atoms with van der Waals surface area (Å²) in [5.74, 6) is -2.74. The van der Waals surface area contributed by atoms with Crippen molar-refractivity contribution >= 4 is 17.8 Å². The summed E-state index contributed by atoms with van der Waals surface area (Å²) >= 11 is 0. The highest BCUT2D eigenvalue weighted by Gasteiger charge is 2.20.